The zero-order valence-electron chi connectivity index (χ0n) is 12.6. The minimum atomic E-state index is -0.294. The summed E-state index contributed by atoms with van der Waals surface area (Å²) in [5.74, 6) is -0.294. The fraction of sp³-hybridized carbons (Fsp3) is 0.222. The molecule has 0 aliphatic rings. The third-order valence-electron chi connectivity index (χ3n) is 3.87. The number of aromatic nitrogens is 2. The van der Waals surface area contributed by atoms with Crippen LogP contribution in [0.4, 0.5) is 4.39 Å². The van der Waals surface area contributed by atoms with Gasteiger partial charge in [-0.2, -0.15) is 0 Å². The highest BCUT2D eigenvalue weighted by atomic mass is 19.1. The first-order chi connectivity index (χ1) is 10.7. The SMILES string of the molecule is CCc1cc(F)ccc1-c1nc2ccccc2n(CC)c1=O. The standard InChI is InChI=1S/C18H17FN2O/c1-3-12-11-13(19)9-10-14(12)17-18(22)21(4-2)16-8-6-5-7-15(16)20-17/h5-11H,3-4H2,1-2H3. The van der Waals surface area contributed by atoms with Crippen molar-refractivity contribution < 1.29 is 4.39 Å². The van der Waals surface area contributed by atoms with Crippen LogP contribution in [-0.4, -0.2) is 9.55 Å². The maximum atomic E-state index is 13.4. The number of fused-ring (bicyclic) bond motifs is 1. The zero-order valence-corrected chi connectivity index (χ0v) is 12.6. The van der Waals surface area contributed by atoms with Gasteiger partial charge in [0.2, 0.25) is 0 Å². The topological polar surface area (TPSA) is 34.9 Å². The first kappa shape index (κ1) is 14.4. The minimum Gasteiger partial charge on any atom is -0.305 e. The van der Waals surface area contributed by atoms with Gasteiger partial charge in [0.25, 0.3) is 5.56 Å². The molecule has 3 nitrogen and oxygen atoms in total. The average molecular weight is 296 g/mol. The van der Waals surface area contributed by atoms with Gasteiger partial charge in [0.05, 0.1) is 11.0 Å². The molecule has 0 fully saturated rings. The van der Waals surface area contributed by atoms with Gasteiger partial charge in [0.15, 0.2) is 0 Å². The lowest BCUT2D eigenvalue weighted by atomic mass is 10.0. The molecule has 0 aliphatic heterocycles. The van der Waals surface area contributed by atoms with Crippen molar-refractivity contribution in [3.05, 3.63) is 64.2 Å². The molecule has 0 amide bonds. The molecule has 3 aromatic rings. The molecule has 112 valence electrons. The summed E-state index contributed by atoms with van der Waals surface area (Å²) in [4.78, 5) is 17.3. The molecule has 0 aliphatic carbocycles. The Bertz CT molecular complexity index is 899. The molecule has 0 saturated heterocycles. The van der Waals surface area contributed by atoms with Crippen LogP contribution in [0.1, 0.15) is 19.4 Å². The van der Waals surface area contributed by atoms with Crippen molar-refractivity contribution in [3.63, 3.8) is 0 Å². The summed E-state index contributed by atoms with van der Waals surface area (Å²) < 4.78 is 15.2. The summed E-state index contributed by atoms with van der Waals surface area (Å²) in [7, 11) is 0. The van der Waals surface area contributed by atoms with Crippen molar-refractivity contribution in [2.24, 2.45) is 0 Å². The summed E-state index contributed by atoms with van der Waals surface area (Å²) in [6.07, 6.45) is 0.646. The molecule has 0 unspecified atom stereocenters. The first-order valence-corrected chi connectivity index (χ1v) is 7.44. The fourth-order valence-electron chi connectivity index (χ4n) is 2.77. The second-order valence-corrected chi connectivity index (χ2v) is 5.15. The predicted octanol–water partition coefficient (Wildman–Crippen LogP) is 3.78. The molecule has 0 radical (unpaired) electrons. The summed E-state index contributed by atoms with van der Waals surface area (Å²) >= 11 is 0. The van der Waals surface area contributed by atoms with Gasteiger partial charge >= 0.3 is 0 Å². The minimum absolute atomic E-state index is 0.137. The Balaban J connectivity index is 2.37. The maximum Gasteiger partial charge on any atom is 0.277 e. The Hall–Kier alpha value is -2.49. The van der Waals surface area contributed by atoms with E-state index in [0.717, 1.165) is 16.6 Å². The van der Waals surface area contributed by atoms with E-state index in [0.29, 0.717) is 24.2 Å². The van der Waals surface area contributed by atoms with E-state index in [2.05, 4.69) is 4.98 Å². The number of halogens is 1. The molecule has 3 rings (SSSR count). The van der Waals surface area contributed by atoms with Gasteiger partial charge in [-0.25, -0.2) is 9.37 Å². The van der Waals surface area contributed by atoms with Gasteiger partial charge in [-0.15, -0.1) is 0 Å². The lowest BCUT2D eigenvalue weighted by Crippen LogP contribution is -2.23. The van der Waals surface area contributed by atoms with E-state index >= 15 is 0 Å². The van der Waals surface area contributed by atoms with Crippen LogP contribution in [-0.2, 0) is 13.0 Å². The van der Waals surface area contributed by atoms with Crippen LogP contribution < -0.4 is 5.56 Å². The van der Waals surface area contributed by atoms with Crippen LogP contribution in [0.3, 0.4) is 0 Å². The highest BCUT2D eigenvalue weighted by Crippen LogP contribution is 2.23. The van der Waals surface area contributed by atoms with E-state index < -0.39 is 0 Å². The molecule has 4 heteroatoms. The number of nitrogens with zero attached hydrogens (tertiary/aromatic N) is 2. The van der Waals surface area contributed by atoms with Crippen molar-refractivity contribution >= 4 is 11.0 Å². The van der Waals surface area contributed by atoms with Gasteiger partial charge in [0.1, 0.15) is 11.5 Å². The molecule has 0 atom stereocenters. The van der Waals surface area contributed by atoms with E-state index in [-0.39, 0.29) is 11.4 Å². The van der Waals surface area contributed by atoms with Gasteiger partial charge < -0.3 is 4.57 Å². The molecule has 1 aromatic heterocycles. The lowest BCUT2D eigenvalue weighted by Gasteiger charge is -2.12. The van der Waals surface area contributed by atoms with Crippen LogP contribution in [0.15, 0.2) is 47.3 Å². The number of para-hydroxylation sites is 2. The molecule has 0 spiro atoms. The molecule has 2 aromatic carbocycles. The molecular weight excluding hydrogens is 279 g/mol. The molecule has 22 heavy (non-hydrogen) atoms. The average Bonchev–Trinajstić information content (AvgIpc) is 2.54. The van der Waals surface area contributed by atoms with Crippen LogP contribution in [0.25, 0.3) is 22.3 Å². The number of rotatable bonds is 3. The number of hydrogen-bond donors (Lipinski definition) is 0. The summed E-state index contributed by atoms with van der Waals surface area (Å²) in [6.45, 7) is 4.44. The largest absolute Gasteiger partial charge is 0.305 e. The first-order valence-electron chi connectivity index (χ1n) is 7.44. The van der Waals surface area contributed by atoms with Crippen LogP contribution >= 0.6 is 0 Å². The predicted molar refractivity (Wildman–Crippen MR) is 86.4 cm³/mol. The third-order valence-corrected chi connectivity index (χ3v) is 3.87. The van der Waals surface area contributed by atoms with Crippen LogP contribution in [0, 0.1) is 5.82 Å². The van der Waals surface area contributed by atoms with Crippen LogP contribution in [0.5, 0.6) is 0 Å². The molecule has 0 bridgehead atoms. The highest BCUT2D eigenvalue weighted by Gasteiger charge is 2.14. The Labute approximate surface area is 128 Å². The lowest BCUT2D eigenvalue weighted by molar-refractivity contribution is 0.626. The van der Waals surface area contributed by atoms with Gasteiger partial charge in [0, 0.05) is 12.1 Å². The summed E-state index contributed by atoms with van der Waals surface area (Å²) in [5.41, 5.74) is 3.34. The summed E-state index contributed by atoms with van der Waals surface area (Å²) in [5, 5.41) is 0. The molecular formula is C18H17FN2O. The Morgan fingerprint density at radius 3 is 2.64 bits per heavy atom. The Morgan fingerprint density at radius 2 is 1.91 bits per heavy atom. The second-order valence-electron chi connectivity index (χ2n) is 5.15. The zero-order chi connectivity index (χ0) is 15.7. The van der Waals surface area contributed by atoms with Crippen LogP contribution in [0.2, 0.25) is 0 Å². The van der Waals surface area contributed by atoms with Crippen molar-refractivity contribution in [3.8, 4) is 11.3 Å². The van der Waals surface area contributed by atoms with E-state index in [1.165, 1.54) is 12.1 Å². The quantitative estimate of drug-likeness (QED) is 0.737. The monoisotopic (exact) mass is 296 g/mol. The van der Waals surface area contributed by atoms with Crippen molar-refractivity contribution in [1.29, 1.82) is 0 Å². The second kappa shape index (κ2) is 5.72. The van der Waals surface area contributed by atoms with Gasteiger partial charge in [-0.05, 0) is 49.2 Å². The smallest absolute Gasteiger partial charge is 0.277 e. The third kappa shape index (κ3) is 2.30. The Morgan fingerprint density at radius 1 is 1.14 bits per heavy atom. The fourth-order valence-corrected chi connectivity index (χ4v) is 2.77. The van der Waals surface area contributed by atoms with E-state index in [1.54, 1.807) is 10.6 Å². The molecule has 0 N–H and O–H groups in total. The van der Waals surface area contributed by atoms with E-state index in [9.17, 15) is 9.18 Å². The van der Waals surface area contributed by atoms with E-state index in [4.69, 9.17) is 0 Å². The normalized spacial score (nSPS) is 11.0. The number of aryl methyl sites for hydroxylation is 2. The van der Waals surface area contributed by atoms with Crippen molar-refractivity contribution in [2.45, 2.75) is 26.8 Å². The number of benzene rings is 2. The maximum absolute atomic E-state index is 13.4. The number of hydrogen-bond acceptors (Lipinski definition) is 2. The Kier molecular flexibility index (Phi) is 3.75. The van der Waals surface area contributed by atoms with Crippen molar-refractivity contribution in [1.82, 2.24) is 9.55 Å². The van der Waals surface area contributed by atoms with Gasteiger partial charge in [-0.3, -0.25) is 4.79 Å². The highest BCUT2D eigenvalue weighted by molar-refractivity contribution is 5.78. The van der Waals surface area contributed by atoms with Crippen molar-refractivity contribution in [2.75, 3.05) is 0 Å². The van der Waals surface area contributed by atoms with E-state index in [1.807, 2.05) is 38.1 Å². The summed E-state index contributed by atoms with van der Waals surface area (Å²) in [6, 6.07) is 12.1. The van der Waals surface area contributed by atoms with Gasteiger partial charge in [-0.1, -0.05) is 19.1 Å². The molecule has 0 saturated carbocycles. The molecule has 1 heterocycles.